The van der Waals surface area contributed by atoms with E-state index in [1.54, 1.807) is 0 Å². The molecule has 1 saturated heterocycles. The average molecular weight is 286 g/mol. The minimum absolute atomic E-state index is 0.00507. The molecular weight excluding hydrogens is 273 g/mol. The summed E-state index contributed by atoms with van der Waals surface area (Å²) in [5.74, 6) is -0.716. The topological polar surface area (TPSA) is 50.4 Å². The Morgan fingerprint density at radius 2 is 1.90 bits per heavy atom. The Morgan fingerprint density at radius 1 is 1.20 bits per heavy atom. The minimum atomic E-state index is -4.58. The van der Waals surface area contributed by atoms with Crippen molar-refractivity contribution in [1.82, 2.24) is 10.6 Å². The summed E-state index contributed by atoms with van der Waals surface area (Å²) in [5.41, 5.74) is -2.28. The molecule has 1 spiro atoms. The molecular formula is C13H13F3N2O2. The van der Waals surface area contributed by atoms with E-state index < -0.39 is 28.9 Å². The van der Waals surface area contributed by atoms with Gasteiger partial charge in [-0.05, 0) is 12.1 Å². The lowest BCUT2D eigenvalue weighted by atomic mass is 9.96. The maximum Gasteiger partial charge on any atom is 0.417 e. The molecule has 4 nitrogen and oxygen atoms in total. The van der Waals surface area contributed by atoms with Crippen LogP contribution in [0.2, 0.25) is 0 Å². The maximum absolute atomic E-state index is 12.9. The van der Waals surface area contributed by atoms with Crippen LogP contribution < -0.4 is 15.4 Å². The number of nitrogens with one attached hydrogen (secondary N) is 2. The quantitative estimate of drug-likeness (QED) is 0.766. The van der Waals surface area contributed by atoms with Crippen molar-refractivity contribution in [3.63, 3.8) is 0 Å². The van der Waals surface area contributed by atoms with Gasteiger partial charge in [0.25, 0.3) is 5.91 Å². The largest absolute Gasteiger partial charge is 0.467 e. The molecule has 1 fully saturated rings. The van der Waals surface area contributed by atoms with Crippen LogP contribution in [0.1, 0.15) is 28.8 Å². The van der Waals surface area contributed by atoms with E-state index in [1.807, 2.05) is 0 Å². The number of amides is 1. The van der Waals surface area contributed by atoms with Crippen molar-refractivity contribution >= 4 is 5.91 Å². The van der Waals surface area contributed by atoms with E-state index in [0.717, 1.165) is 6.07 Å². The number of alkyl halides is 3. The van der Waals surface area contributed by atoms with E-state index in [4.69, 9.17) is 4.74 Å². The first-order chi connectivity index (χ1) is 9.41. The normalized spacial score (nSPS) is 21.1. The van der Waals surface area contributed by atoms with Crippen LogP contribution in [0.4, 0.5) is 13.2 Å². The third-order valence-corrected chi connectivity index (χ3v) is 3.62. The van der Waals surface area contributed by atoms with Crippen LogP contribution in [-0.4, -0.2) is 24.7 Å². The Balaban J connectivity index is 2.04. The summed E-state index contributed by atoms with van der Waals surface area (Å²) in [6.07, 6.45) is -3.53. The molecule has 1 aromatic carbocycles. The van der Waals surface area contributed by atoms with Gasteiger partial charge >= 0.3 is 6.18 Å². The Labute approximate surface area is 113 Å². The molecule has 20 heavy (non-hydrogen) atoms. The predicted octanol–water partition coefficient (Wildman–Crippen LogP) is 1.91. The van der Waals surface area contributed by atoms with Gasteiger partial charge in [-0.25, -0.2) is 0 Å². The van der Waals surface area contributed by atoms with Gasteiger partial charge in [0.2, 0.25) is 0 Å². The second-order valence-electron chi connectivity index (χ2n) is 4.98. The molecule has 2 aliphatic heterocycles. The fraction of sp³-hybridized carbons (Fsp3) is 0.462. The van der Waals surface area contributed by atoms with E-state index >= 15 is 0 Å². The lowest BCUT2D eigenvalue weighted by molar-refractivity contribution is -0.138. The highest BCUT2D eigenvalue weighted by atomic mass is 19.4. The van der Waals surface area contributed by atoms with Gasteiger partial charge in [0, 0.05) is 25.9 Å². The van der Waals surface area contributed by atoms with Crippen LogP contribution in [0.3, 0.4) is 0 Å². The Bertz CT molecular complexity index is 551. The number of carbonyl (C=O) groups excluding carboxylic acids is 1. The molecule has 2 heterocycles. The molecule has 108 valence electrons. The van der Waals surface area contributed by atoms with Gasteiger partial charge in [-0.15, -0.1) is 0 Å². The minimum Gasteiger partial charge on any atom is -0.467 e. The highest BCUT2D eigenvalue weighted by molar-refractivity contribution is 6.00. The number of piperidine rings is 1. The van der Waals surface area contributed by atoms with Gasteiger partial charge in [0.1, 0.15) is 5.75 Å². The van der Waals surface area contributed by atoms with E-state index in [2.05, 4.69) is 10.6 Å². The van der Waals surface area contributed by atoms with Crippen LogP contribution >= 0.6 is 0 Å². The molecule has 0 atom stereocenters. The van der Waals surface area contributed by atoms with E-state index in [1.165, 1.54) is 12.1 Å². The van der Waals surface area contributed by atoms with Gasteiger partial charge in [0.15, 0.2) is 5.72 Å². The first-order valence-corrected chi connectivity index (χ1v) is 6.34. The summed E-state index contributed by atoms with van der Waals surface area (Å²) in [7, 11) is 0. The zero-order valence-corrected chi connectivity index (χ0v) is 10.5. The van der Waals surface area contributed by atoms with Crippen molar-refractivity contribution in [2.45, 2.75) is 24.7 Å². The van der Waals surface area contributed by atoms with Crippen LogP contribution in [0, 0.1) is 0 Å². The number of halogens is 3. The molecule has 3 rings (SSSR count). The van der Waals surface area contributed by atoms with Gasteiger partial charge < -0.3 is 15.4 Å². The third kappa shape index (κ3) is 2.11. The Hall–Kier alpha value is -1.76. The fourth-order valence-electron chi connectivity index (χ4n) is 2.65. The molecule has 7 heteroatoms. The molecule has 1 aromatic rings. The molecule has 2 aliphatic rings. The van der Waals surface area contributed by atoms with Gasteiger partial charge in [-0.1, -0.05) is 6.07 Å². The lowest BCUT2D eigenvalue weighted by Gasteiger charge is -2.42. The lowest BCUT2D eigenvalue weighted by Crippen LogP contribution is -2.60. The van der Waals surface area contributed by atoms with Crippen molar-refractivity contribution in [3.05, 3.63) is 29.3 Å². The predicted molar refractivity (Wildman–Crippen MR) is 64.4 cm³/mol. The molecule has 0 saturated carbocycles. The van der Waals surface area contributed by atoms with Crippen LogP contribution in [0.25, 0.3) is 0 Å². The summed E-state index contributed by atoms with van der Waals surface area (Å²) >= 11 is 0. The third-order valence-electron chi connectivity index (χ3n) is 3.62. The fourth-order valence-corrected chi connectivity index (χ4v) is 2.65. The van der Waals surface area contributed by atoms with Crippen molar-refractivity contribution in [2.75, 3.05) is 13.1 Å². The molecule has 0 unspecified atom stereocenters. The van der Waals surface area contributed by atoms with Crippen molar-refractivity contribution in [3.8, 4) is 5.75 Å². The standard InChI is InChI=1S/C13H13F3N2O2/c14-13(15,16)8-2-1-3-9-10(8)11(19)18-12(20-9)4-6-17-7-5-12/h1-3,17H,4-7H2,(H,18,19). The van der Waals surface area contributed by atoms with Crippen LogP contribution in [-0.2, 0) is 6.18 Å². The summed E-state index contributed by atoms with van der Waals surface area (Å²) in [5, 5.41) is 5.72. The zero-order chi connectivity index (χ0) is 14.4. The summed E-state index contributed by atoms with van der Waals surface area (Å²) < 4.78 is 44.5. The summed E-state index contributed by atoms with van der Waals surface area (Å²) in [4.78, 5) is 12.1. The number of benzene rings is 1. The number of fused-ring (bicyclic) bond motifs is 1. The van der Waals surface area contributed by atoms with Crippen LogP contribution in [0.5, 0.6) is 5.75 Å². The second kappa shape index (κ2) is 4.37. The molecule has 0 bridgehead atoms. The number of hydrogen-bond donors (Lipinski definition) is 2. The van der Waals surface area contributed by atoms with Gasteiger partial charge in [0.05, 0.1) is 11.1 Å². The molecule has 0 aromatic heterocycles. The number of rotatable bonds is 0. The van der Waals surface area contributed by atoms with Gasteiger partial charge in [-0.3, -0.25) is 4.79 Å². The molecule has 0 radical (unpaired) electrons. The molecule has 2 N–H and O–H groups in total. The Morgan fingerprint density at radius 3 is 2.55 bits per heavy atom. The monoisotopic (exact) mass is 286 g/mol. The number of hydrogen-bond acceptors (Lipinski definition) is 3. The second-order valence-corrected chi connectivity index (χ2v) is 4.98. The zero-order valence-electron chi connectivity index (χ0n) is 10.5. The van der Waals surface area contributed by atoms with E-state index in [-0.39, 0.29) is 5.75 Å². The van der Waals surface area contributed by atoms with E-state index in [9.17, 15) is 18.0 Å². The summed E-state index contributed by atoms with van der Waals surface area (Å²) in [6, 6.07) is 3.56. The molecule has 1 amide bonds. The van der Waals surface area contributed by atoms with Crippen molar-refractivity contribution in [2.24, 2.45) is 0 Å². The van der Waals surface area contributed by atoms with Crippen LogP contribution in [0.15, 0.2) is 18.2 Å². The first kappa shape index (κ1) is 13.2. The summed E-state index contributed by atoms with van der Waals surface area (Å²) in [6.45, 7) is 1.29. The van der Waals surface area contributed by atoms with Crippen molar-refractivity contribution < 1.29 is 22.7 Å². The molecule has 0 aliphatic carbocycles. The number of ether oxygens (including phenoxy) is 1. The SMILES string of the molecule is O=C1NC2(CCNCC2)Oc2cccc(C(F)(F)F)c21. The van der Waals surface area contributed by atoms with E-state index in [0.29, 0.717) is 25.9 Å². The highest BCUT2D eigenvalue weighted by Crippen LogP contribution is 2.40. The number of carbonyl (C=O) groups is 1. The average Bonchev–Trinajstić information content (AvgIpc) is 2.37. The van der Waals surface area contributed by atoms with Gasteiger partial charge in [-0.2, -0.15) is 13.2 Å². The Kier molecular flexibility index (Phi) is 2.89. The smallest absolute Gasteiger partial charge is 0.417 e. The van der Waals surface area contributed by atoms with Crippen molar-refractivity contribution in [1.29, 1.82) is 0 Å². The maximum atomic E-state index is 12.9. The first-order valence-electron chi connectivity index (χ1n) is 6.34. The highest BCUT2D eigenvalue weighted by Gasteiger charge is 2.45.